The van der Waals surface area contributed by atoms with Crippen molar-refractivity contribution < 1.29 is 0 Å². The second kappa shape index (κ2) is 6.00. The van der Waals surface area contributed by atoms with E-state index in [4.69, 9.17) is 6.42 Å². The standard InChI is InChI=1S/C10H18.C6H10/c1-9(2,3)7-8-10(4,5)6;1-5-6(2,3)4/h1-6H3;1H,2-4H3. The monoisotopic (exact) mass is 220 g/mol. The van der Waals surface area contributed by atoms with E-state index in [1.165, 1.54) is 0 Å². The quantitative estimate of drug-likeness (QED) is 0.517. The van der Waals surface area contributed by atoms with Crippen LogP contribution in [0.4, 0.5) is 0 Å². The van der Waals surface area contributed by atoms with E-state index < -0.39 is 0 Å². The van der Waals surface area contributed by atoms with Crippen LogP contribution in [0.3, 0.4) is 0 Å². The molecule has 0 aromatic rings. The van der Waals surface area contributed by atoms with Gasteiger partial charge >= 0.3 is 0 Å². The average Bonchev–Trinajstić information content (AvgIpc) is 1.98. The van der Waals surface area contributed by atoms with Crippen molar-refractivity contribution in [2.24, 2.45) is 16.2 Å². The summed E-state index contributed by atoms with van der Waals surface area (Å²) in [5, 5.41) is 0. The van der Waals surface area contributed by atoms with Crippen LogP contribution in [0.15, 0.2) is 0 Å². The van der Waals surface area contributed by atoms with Crippen molar-refractivity contribution in [3.8, 4) is 24.2 Å². The molecule has 0 radical (unpaired) electrons. The van der Waals surface area contributed by atoms with Crippen molar-refractivity contribution >= 4 is 0 Å². The summed E-state index contributed by atoms with van der Waals surface area (Å²) in [6.07, 6.45) is 5.06. The Labute approximate surface area is 103 Å². The first-order chi connectivity index (χ1) is 6.77. The van der Waals surface area contributed by atoms with Gasteiger partial charge in [0.2, 0.25) is 0 Å². The van der Waals surface area contributed by atoms with Crippen molar-refractivity contribution in [2.45, 2.75) is 62.3 Å². The minimum absolute atomic E-state index is 0.0694. The van der Waals surface area contributed by atoms with Crippen molar-refractivity contribution in [3.63, 3.8) is 0 Å². The second-order valence-electron chi connectivity index (χ2n) is 7.14. The first-order valence-electron chi connectivity index (χ1n) is 5.79. The van der Waals surface area contributed by atoms with E-state index in [0.717, 1.165) is 0 Å². The Morgan fingerprint density at radius 1 is 0.562 bits per heavy atom. The third-order valence-corrected chi connectivity index (χ3v) is 1.25. The number of hydrogen-bond acceptors (Lipinski definition) is 0. The molecule has 0 rings (SSSR count). The molecular weight excluding hydrogens is 192 g/mol. The number of rotatable bonds is 0. The summed E-state index contributed by atoms with van der Waals surface area (Å²) in [5.74, 6) is 9.03. The molecular formula is C16H28. The van der Waals surface area contributed by atoms with E-state index in [-0.39, 0.29) is 16.2 Å². The van der Waals surface area contributed by atoms with Crippen molar-refractivity contribution in [1.82, 2.24) is 0 Å². The van der Waals surface area contributed by atoms with E-state index in [1.807, 2.05) is 20.8 Å². The van der Waals surface area contributed by atoms with Crippen LogP contribution in [0.1, 0.15) is 62.3 Å². The Kier molecular flexibility index (Phi) is 6.57. The topological polar surface area (TPSA) is 0 Å². The van der Waals surface area contributed by atoms with E-state index in [0.29, 0.717) is 0 Å². The Balaban J connectivity index is 0. The SMILES string of the molecule is C#CC(C)(C)C.CC(C)(C)C#CC(C)(C)C. The van der Waals surface area contributed by atoms with Crippen molar-refractivity contribution in [3.05, 3.63) is 0 Å². The van der Waals surface area contributed by atoms with E-state index in [2.05, 4.69) is 59.3 Å². The molecule has 0 unspecified atom stereocenters. The smallest absolute Gasteiger partial charge is 0.0230 e. The molecule has 0 aromatic heterocycles. The second-order valence-corrected chi connectivity index (χ2v) is 7.14. The summed E-state index contributed by atoms with van der Waals surface area (Å²) in [6, 6.07) is 0. The third-order valence-electron chi connectivity index (χ3n) is 1.25. The van der Waals surface area contributed by atoms with Crippen LogP contribution >= 0.6 is 0 Å². The van der Waals surface area contributed by atoms with Gasteiger partial charge in [-0.3, -0.25) is 0 Å². The summed E-state index contributed by atoms with van der Waals surface area (Å²) in [4.78, 5) is 0. The minimum Gasteiger partial charge on any atom is -0.120 e. The molecule has 0 spiro atoms. The van der Waals surface area contributed by atoms with Gasteiger partial charge in [-0.2, -0.15) is 0 Å². The van der Waals surface area contributed by atoms with Crippen LogP contribution in [0.2, 0.25) is 0 Å². The maximum Gasteiger partial charge on any atom is 0.0230 e. The molecule has 0 amide bonds. The zero-order chi connectivity index (χ0) is 13.6. The van der Waals surface area contributed by atoms with E-state index >= 15 is 0 Å². The molecule has 92 valence electrons. The molecule has 0 N–H and O–H groups in total. The average molecular weight is 220 g/mol. The molecule has 0 nitrogen and oxygen atoms in total. The highest BCUT2D eigenvalue weighted by Gasteiger charge is 2.08. The molecule has 0 aliphatic heterocycles. The van der Waals surface area contributed by atoms with Gasteiger partial charge in [0, 0.05) is 16.2 Å². The highest BCUT2D eigenvalue weighted by atomic mass is 14.1. The predicted octanol–water partition coefficient (Wildman–Crippen LogP) is 4.75. The zero-order valence-electron chi connectivity index (χ0n) is 12.6. The fourth-order valence-corrected chi connectivity index (χ4v) is 0.375. The molecule has 0 saturated carbocycles. The summed E-state index contributed by atoms with van der Waals surface area (Å²) >= 11 is 0. The molecule has 0 bridgehead atoms. The number of hydrogen-bond donors (Lipinski definition) is 0. The molecule has 0 atom stereocenters. The van der Waals surface area contributed by atoms with Gasteiger partial charge in [0.05, 0.1) is 0 Å². The van der Waals surface area contributed by atoms with E-state index in [9.17, 15) is 0 Å². The van der Waals surface area contributed by atoms with Gasteiger partial charge in [-0.25, -0.2) is 0 Å². The predicted molar refractivity (Wildman–Crippen MR) is 75.0 cm³/mol. The highest BCUT2D eigenvalue weighted by molar-refractivity contribution is 5.12. The van der Waals surface area contributed by atoms with E-state index in [1.54, 1.807) is 0 Å². The largest absolute Gasteiger partial charge is 0.120 e. The molecule has 16 heavy (non-hydrogen) atoms. The molecule has 0 fully saturated rings. The van der Waals surface area contributed by atoms with Crippen LogP contribution in [0.25, 0.3) is 0 Å². The van der Waals surface area contributed by atoms with Gasteiger partial charge in [-0.05, 0) is 62.3 Å². The Hall–Kier alpha value is -0.880. The lowest BCUT2D eigenvalue weighted by atomic mass is 9.92. The van der Waals surface area contributed by atoms with Gasteiger partial charge in [0.15, 0.2) is 0 Å². The van der Waals surface area contributed by atoms with Gasteiger partial charge in [0.25, 0.3) is 0 Å². The van der Waals surface area contributed by atoms with Crippen molar-refractivity contribution in [2.75, 3.05) is 0 Å². The maximum absolute atomic E-state index is 5.06. The van der Waals surface area contributed by atoms with Crippen LogP contribution in [0.5, 0.6) is 0 Å². The Bertz CT molecular complexity index is 263. The van der Waals surface area contributed by atoms with Gasteiger partial charge in [-0.1, -0.05) is 11.8 Å². The zero-order valence-corrected chi connectivity index (χ0v) is 12.6. The summed E-state index contributed by atoms with van der Waals surface area (Å²) in [5.41, 5.74) is 0.362. The first kappa shape index (κ1) is 17.5. The summed E-state index contributed by atoms with van der Waals surface area (Å²) in [7, 11) is 0. The normalized spacial score (nSPS) is 11.5. The van der Waals surface area contributed by atoms with Gasteiger partial charge in [0.1, 0.15) is 0 Å². The lowest BCUT2D eigenvalue weighted by molar-refractivity contribution is 0.543. The maximum atomic E-state index is 5.06. The summed E-state index contributed by atoms with van der Waals surface area (Å²) in [6.45, 7) is 18.8. The van der Waals surface area contributed by atoms with Crippen LogP contribution in [0, 0.1) is 40.4 Å². The minimum atomic E-state index is 0.0694. The first-order valence-corrected chi connectivity index (χ1v) is 5.79. The lowest BCUT2D eigenvalue weighted by Gasteiger charge is -2.12. The van der Waals surface area contributed by atoms with Crippen molar-refractivity contribution in [1.29, 1.82) is 0 Å². The third kappa shape index (κ3) is 23.2. The Morgan fingerprint density at radius 3 is 0.812 bits per heavy atom. The summed E-state index contributed by atoms with van der Waals surface area (Å²) < 4.78 is 0. The lowest BCUT2D eigenvalue weighted by Crippen LogP contribution is -2.05. The fraction of sp³-hybridized carbons (Fsp3) is 0.750. The Morgan fingerprint density at radius 2 is 0.750 bits per heavy atom. The number of terminal acetylenes is 1. The molecule has 0 aromatic carbocycles. The molecule has 0 heteroatoms. The fourth-order valence-electron chi connectivity index (χ4n) is 0.375. The van der Waals surface area contributed by atoms with Gasteiger partial charge < -0.3 is 0 Å². The van der Waals surface area contributed by atoms with Crippen LogP contribution in [-0.4, -0.2) is 0 Å². The van der Waals surface area contributed by atoms with Crippen LogP contribution < -0.4 is 0 Å². The molecule has 0 saturated heterocycles. The molecule has 0 heterocycles. The molecule has 0 aliphatic rings. The highest BCUT2D eigenvalue weighted by Crippen LogP contribution is 2.15. The van der Waals surface area contributed by atoms with Gasteiger partial charge in [-0.15, -0.1) is 12.3 Å². The molecule has 0 aliphatic carbocycles. The van der Waals surface area contributed by atoms with Crippen LogP contribution in [-0.2, 0) is 0 Å².